The van der Waals surface area contributed by atoms with Crippen molar-refractivity contribution in [1.82, 2.24) is 0 Å². The van der Waals surface area contributed by atoms with Crippen LogP contribution >= 0.6 is 31.9 Å². The summed E-state index contributed by atoms with van der Waals surface area (Å²) in [6.45, 7) is 1.68. The summed E-state index contributed by atoms with van der Waals surface area (Å²) in [5, 5.41) is 11.7. The van der Waals surface area contributed by atoms with Crippen molar-refractivity contribution in [2.75, 3.05) is 14.2 Å². The van der Waals surface area contributed by atoms with Crippen molar-refractivity contribution in [2.45, 2.75) is 6.92 Å². The second-order valence-corrected chi connectivity index (χ2v) is 6.52. The van der Waals surface area contributed by atoms with Crippen molar-refractivity contribution >= 4 is 53.6 Å². The lowest BCUT2D eigenvalue weighted by Gasteiger charge is -2.15. The molecule has 0 radical (unpaired) electrons. The van der Waals surface area contributed by atoms with E-state index in [-0.39, 0.29) is 22.1 Å². The van der Waals surface area contributed by atoms with Crippen molar-refractivity contribution in [1.29, 1.82) is 0 Å². The molecular formula is C16H12Br2O5. The van der Waals surface area contributed by atoms with Crippen molar-refractivity contribution in [3.8, 4) is 17.2 Å². The van der Waals surface area contributed by atoms with Crippen LogP contribution < -0.4 is 14.9 Å². The molecule has 3 rings (SSSR count). The molecule has 0 aliphatic carbocycles. The highest BCUT2D eigenvalue weighted by atomic mass is 79.9. The van der Waals surface area contributed by atoms with Crippen LogP contribution in [0.25, 0.3) is 21.7 Å². The fourth-order valence-corrected chi connectivity index (χ4v) is 3.74. The van der Waals surface area contributed by atoms with E-state index in [1.54, 1.807) is 13.0 Å². The Bertz CT molecular complexity index is 1010. The van der Waals surface area contributed by atoms with Gasteiger partial charge in [-0.3, -0.25) is 4.79 Å². The Kier molecular flexibility index (Phi) is 4.01. The Morgan fingerprint density at radius 1 is 1.09 bits per heavy atom. The SMILES string of the molecule is COc1cc2c(Br)c(O)c3c(=O)cc(C)oc3c2c(OC)c1Br. The van der Waals surface area contributed by atoms with Crippen LogP contribution in [-0.2, 0) is 0 Å². The average Bonchev–Trinajstić information content (AvgIpc) is 2.51. The molecule has 0 spiro atoms. The largest absolute Gasteiger partial charge is 0.506 e. The lowest BCUT2D eigenvalue weighted by Crippen LogP contribution is -2.02. The number of benzene rings is 2. The third-order valence-corrected chi connectivity index (χ3v) is 5.14. The van der Waals surface area contributed by atoms with E-state index in [0.717, 1.165) is 0 Å². The monoisotopic (exact) mass is 442 g/mol. The maximum Gasteiger partial charge on any atom is 0.196 e. The molecule has 1 N–H and O–H groups in total. The van der Waals surface area contributed by atoms with Gasteiger partial charge in [-0.15, -0.1) is 0 Å². The number of fused-ring (bicyclic) bond motifs is 3. The molecule has 0 bridgehead atoms. The topological polar surface area (TPSA) is 68.9 Å². The van der Waals surface area contributed by atoms with Crippen molar-refractivity contribution in [2.24, 2.45) is 0 Å². The highest BCUT2D eigenvalue weighted by molar-refractivity contribution is 9.11. The maximum absolute atomic E-state index is 12.3. The van der Waals surface area contributed by atoms with E-state index in [2.05, 4.69) is 31.9 Å². The maximum atomic E-state index is 12.3. The van der Waals surface area contributed by atoms with Gasteiger partial charge in [-0.2, -0.15) is 0 Å². The third kappa shape index (κ3) is 2.30. The molecule has 0 fully saturated rings. The number of phenols is 1. The van der Waals surface area contributed by atoms with Crippen LogP contribution in [0.15, 0.2) is 30.3 Å². The zero-order valence-electron chi connectivity index (χ0n) is 12.5. The van der Waals surface area contributed by atoms with Gasteiger partial charge >= 0.3 is 0 Å². The number of hydrogen-bond donors (Lipinski definition) is 1. The molecule has 7 heteroatoms. The number of aryl methyl sites for hydroxylation is 1. The first kappa shape index (κ1) is 16.1. The van der Waals surface area contributed by atoms with E-state index in [0.29, 0.717) is 37.0 Å². The van der Waals surface area contributed by atoms with E-state index in [4.69, 9.17) is 13.9 Å². The fourth-order valence-electron chi connectivity index (χ4n) is 2.60. The number of phenolic OH excluding ortho intramolecular Hbond substituents is 1. The van der Waals surface area contributed by atoms with Crippen molar-refractivity contribution in [3.63, 3.8) is 0 Å². The standard InChI is InChI=1S/C16H12Br2O5/c1-6-4-8(19)11-14(20)12(17)7-5-9(21-2)13(18)16(22-3)10(7)15(11)23-6/h4-5,20H,1-3H3. The van der Waals surface area contributed by atoms with Gasteiger partial charge in [0.2, 0.25) is 0 Å². The lowest BCUT2D eigenvalue weighted by molar-refractivity contribution is 0.393. The molecule has 5 nitrogen and oxygen atoms in total. The van der Waals surface area contributed by atoms with E-state index < -0.39 is 0 Å². The minimum absolute atomic E-state index is 0.102. The Morgan fingerprint density at radius 2 is 1.78 bits per heavy atom. The minimum atomic E-state index is -0.321. The zero-order chi connectivity index (χ0) is 16.9. The average molecular weight is 444 g/mol. The Morgan fingerprint density at radius 3 is 2.39 bits per heavy atom. The predicted molar refractivity (Wildman–Crippen MR) is 94.9 cm³/mol. The molecular weight excluding hydrogens is 432 g/mol. The molecule has 1 aromatic heterocycles. The van der Waals surface area contributed by atoms with Gasteiger partial charge in [0.1, 0.15) is 32.9 Å². The first-order valence-electron chi connectivity index (χ1n) is 6.59. The van der Waals surface area contributed by atoms with Gasteiger partial charge in [0, 0.05) is 11.5 Å². The van der Waals surface area contributed by atoms with Crippen LogP contribution in [0.3, 0.4) is 0 Å². The number of hydrogen-bond acceptors (Lipinski definition) is 5. The van der Waals surface area contributed by atoms with Gasteiger partial charge in [0.15, 0.2) is 11.0 Å². The summed E-state index contributed by atoms with van der Waals surface area (Å²) in [7, 11) is 3.05. The minimum Gasteiger partial charge on any atom is -0.506 e. The quantitative estimate of drug-likeness (QED) is 0.590. The smallest absolute Gasteiger partial charge is 0.196 e. The first-order chi connectivity index (χ1) is 10.9. The molecule has 0 amide bonds. The second-order valence-electron chi connectivity index (χ2n) is 4.94. The molecule has 0 unspecified atom stereocenters. The van der Waals surface area contributed by atoms with Crippen LogP contribution in [-0.4, -0.2) is 19.3 Å². The Balaban J connectivity index is 2.73. The molecule has 23 heavy (non-hydrogen) atoms. The summed E-state index contributed by atoms with van der Waals surface area (Å²) in [6, 6.07) is 3.07. The molecule has 0 saturated carbocycles. The molecule has 0 aliphatic heterocycles. The zero-order valence-corrected chi connectivity index (χ0v) is 15.7. The van der Waals surface area contributed by atoms with Crippen molar-refractivity contribution in [3.05, 3.63) is 37.1 Å². The van der Waals surface area contributed by atoms with Gasteiger partial charge in [0.05, 0.1) is 24.1 Å². The van der Waals surface area contributed by atoms with E-state index >= 15 is 0 Å². The van der Waals surface area contributed by atoms with Crippen molar-refractivity contribution < 1.29 is 19.0 Å². The molecule has 0 aliphatic rings. The number of methoxy groups -OCH3 is 2. The molecule has 1 heterocycles. The van der Waals surface area contributed by atoms with Gasteiger partial charge < -0.3 is 19.0 Å². The highest BCUT2D eigenvalue weighted by Gasteiger charge is 2.23. The summed E-state index contributed by atoms with van der Waals surface area (Å²) in [5.41, 5.74) is -0.0521. The van der Waals surface area contributed by atoms with Crippen LogP contribution in [0, 0.1) is 6.92 Å². The number of aromatic hydroxyl groups is 1. The van der Waals surface area contributed by atoms with Gasteiger partial charge in [0.25, 0.3) is 0 Å². The Hall–Kier alpha value is -1.73. The molecule has 2 aromatic carbocycles. The van der Waals surface area contributed by atoms with E-state index in [9.17, 15) is 9.90 Å². The number of halogens is 2. The van der Waals surface area contributed by atoms with Crippen LogP contribution in [0.5, 0.6) is 17.2 Å². The summed E-state index contributed by atoms with van der Waals surface area (Å²) < 4.78 is 17.5. The third-order valence-electron chi connectivity index (χ3n) is 3.59. The summed E-state index contributed by atoms with van der Waals surface area (Å²) >= 11 is 6.79. The van der Waals surface area contributed by atoms with Gasteiger partial charge in [-0.1, -0.05) is 0 Å². The number of rotatable bonds is 2. The lowest BCUT2D eigenvalue weighted by atomic mass is 10.0. The molecule has 120 valence electrons. The molecule has 3 aromatic rings. The highest BCUT2D eigenvalue weighted by Crippen LogP contribution is 2.48. The van der Waals surface area contributed by atoms with Gasteiger partial charge in [-0.05, 0) is 44.8 Å². The summed E-state index contributed by atoms with van der Waals surface area (Å²) in [5.74, 6) is 1.26. The molecule has 0 atom stereocenters. The normalized spacial score (nSPS) is 11.2. The molecule has 0 saturated heterocycles. The fraction of sp³-hybridized carbons (Fsp3) is 0.188. The van der Waals surface area contributed by atoms with Crippen LogP contribution in [0.2, 0.25) is 0 Å². The first-order valence-corrected chi connectivity index (χ1v) is 8.18. The Labute approximate surface area is 148 Å². The van der Waals surface area contributed by atoms with Crippen LogP contribution in [0.1, 0.15) is 5.76 Å². The van der Waals surface area contributed by atoms with Crippen LogP contribution in [0.4, 0.5) is 0 Å². The number of ether oxygens (including phenoxy) is 2. The summed E-state index contributed by atoms with van der Waals surface area (Å²) in [6.07, 6.45) is 0. The predicted octanol–water partition coefficient (Wildman–Crippen LogP) is 4.50. The second kappa shape index (κ2) is 5.72. The summed E-state index contributed by atoms with van der Waals surface area (Å²) in [4.78, 5) is 12.3. The van der Waals surface area contributed by atoms with E-state index in [1.165, 1.54) is 20.3 Å². The van der Waals surface area contributed by atoms with Gasteiger partial charge in [-0.25, -0.2) is 0 Å². The van der Waals surface area contributed by atoms with E-state index in [1.807, 2.05) is 0 Å².